The molecule has 0 amide bonds. The van der Waals surface area contributed by atoms with Crippen LogP contribution in [0.2, 0.25) is 5.02 Å². The van der Waals surface area contributed by atoms with Gasteiger partial charge in [-0.2, -0.15) is 0 Å². The highest BCUT2D eigenvalue weighted by Crippen LogP contribution is 2.27. The number of aromatic amines is 1. The fourth-order valence-electron chi connectivity index (χ4n) is 3.24. The number of alkyl halides is 3. The van der Waals surface area contributed by atoms with E-state index in [9.17, 15) is 18.0 Å². The summed E-state index contributed by atoms with van der Waals surface area (Å²) < 4.78 is 40.6. The lowest BCUT2D eigenvalue weighted by Crippen LogP contribution is -2.17. The molecule has 30 heavy (non-hydrogen) atoms. The van der Waals surface area contributed by atoms with Gasteiger partial charge in [-0.15, -0.1) is 13.2 Å². The first kappa shape index (κ1) is 20.0. The average molecular weight is 430 g/mol. The molecule has 0 bridgehead atoms. The molecule has 4 rings (SSSR count). The zero-order chi connectivity index (χ0) is 21.3. The van der Waals surface area contributed by atoms with Crippen LogP contribution in [0.25, 0.3) is 22.2 Å². The molecule has 0 aliphatic carbocycles. The van der Waals surface area contributed by atoms with E-state index in [2.05, 4.69) is 9.72 Å². The molecule has 4 aromatic rings. The van der Waals surface area contributed by atoms with Crippen LogP contribution in [0.4, 0.5) is 13.2 Å². The Morgan fingerprint density at radius 1 is 0.867 bits per heavy atom. The molecule has 1 aromatic heterocycles. The molecule has 0 unspecified atom stereocenters. The molecule has 1 heterocycles. The maximum atomic E-state index is 12.5. The van der Waals surface area contributed by atoms with Gasteiger partial charge < -0.3 is 9.72 Å². The van der Waals surface area contributed by atoms with Crippen LogP contribution in [0, 0.1) is 0 Å². The van der Waals surface area contributed by atoms with E-state index >= 15 is 0 Å². The number of H-pyrrole nitrogens is 1. The molecule has 152 valence electrons. The number of pyridine rings is 1. The Kier molecular flexibility index (Phi) is 5.26. The van der Waals surface area contributed by atoms with Crippen molar-refractivity contribution in [2.75, 3.05) is 0 Å². The number of para-hydroxylation sites is 1. The van der Waals surface area contributed by atoms with Gasteiger partial charge in [-0.3, -0.25) is 4.79 Å². The monoisotopic (exact) mass is 429 g/mol. The molecule has 1 N–H and O–H groups in total. The first-order chi connectivity index (χ1) is 14.3. The van der Waals surface area contributed by atoms with Gasteiger partial charge in [0.1, 0.15) is 10.8 Å². The molecular weight excluding hydrogens is 415 g/mol. The Bertz CT molecular complexity index is 1250. The van der Waals surface area contributed by atoms with Crippen LogP contribution < -0.4 is 10.2 Å². The second-order valence-electron chi connectivity index (χ2n) is 6.75. The van der Waals surface area contributed by atoms with Gasteiger partial charge in [0.15, 0.2) is 0 Å². The van der Waals surface area contributed by atoms with Crippen LogP contribution in [-0.4, -0.2) is 11.3 Å². The van der Waals surface area contributed by atoms with E-state index in [1.165, 1.54) is 12.1 Å². The fraction of sp³-hybridized carbons (Fsp3) is 0.0870. The predicted molar refractivity (Wildman–Crippen MR) is 111 cm³/mol. The largest absolute Gasteiger partial charge is 0.573 e. The van der Waals surface area contributed by atoms with E-state index in [1.54, 1.807) is 24.3 Å². The summed E-state index contributed by atoms with van der Waals surface area (Å²) >= 11 is 6.30. The van der Waals surface area contributed by atoms with E-state index < -0.39 is 6.36 Å². The van der Waals surface area contributed by atoms with Crippen LogP contribution in [0.3, 0.4) is 0 Å². The lowest BCUT2D eigenvalue weighted by atomic mass is 10.0. The van der Waals surface area contributed by atoms with E-state index in [0.717, 1.165) is 16.7 Å². The number of rotatable bonds is 4. The Labute approximate surface area is 174 Å². The SMILES string of the molecule is O=c1c(Cl)c(-c2ccc(Cc3ccc(OC(F)(F)F)cc3)cc2)[nH]c2ccccc12. The van der Waals surface area contributed by atoms with Crippen molar-refractivity contribution >= 4 is 22.5 Å². The Morgan fingerprint density at radius 3 is 2.10 bits per heavy atom. The Hall–Kier alpha value is -3.25. The van der Waals surface area contributed by atoms with Crippen LogP contribution in [0.15, 0.2) is 77.6 Å². The van der Waals surface area contributed by atoms with Crippen molar-refractivity contribution in [1.29, 1.82) is 0 Å². The number of hydrogen-bond donors (Lipinski definition) is 1. The fourth-order valence-corrected chi connectivity index (χ4v) is 3.50. The number of hydrogen-bond acceptors (Lipinski definition) is 2. The van der Waals surface area contributed by atoms with E-state index in [0.29, 0.717) is 23.0 Å². The van der Waals surface area contributed by atoms with E-state index in [-0.39, 0.29) is 16.2 Å². The average Bonchev–Trinajstić information content (AvgIpc) is 2.72. The van der Waals surface area contributed by atoms with Gasteiger partial charge in [-0.05, 0) is 47.4 Å². The molecule has 3 nitrogen and oxygen atoms in total. The number of nitrogens with one attached hydrogen (secondary N) is 1. The van der Waals surface area contributed by atoms with Crippen LogP contribution in [-0.2, 0) is 6.42 Å². The lowest BCUT2D eigenvalue weighted by molar-refractivity contribution is -0.274. The molecule has 0 radical (unpaired) electrons. The van der Waals surface area contributed by atoms with Crippen molar-refractivity contribution in [3.63, 3.8) is 0 Å². The van der Waals surface area contributed by atoms with Crippen molar-refractivity contribution in [1.82, 2.24) is 4.98 Å². The van der Waals surface area contributed by atoms with E-state index in [4.69, 9.17) is 11.6 Å². The maximum Gasteiger partial charge on any atom is 0.573 e. The number of fused-ring (bicyclic) bond motifs is 1. The number of benzene rings is 3. The Morgan fingerprint density at radius 2 is 1.47 bits per heavy atom. The van der Waals surface area contributed by atoms with Crippen molar-refractivity contribution in [2.45, 2.75) is 12.8 Å². The molecule has 7 heteroatoms. The molecular formula is C23H15ClF3NO2. The minimum Gasteiger partial charge on any atom is -0.406 e. The smallest absolute Gasteiger partial charge is 0.406 e. The van der Waals surface area contributed by atoms with Gasteiger partial charge in [0.05, 0.1) is 5.69 Å². The summed E-state index contributed by atoms with van der Waals surface area (Å²) in [6.07, 6.45) is -4.17. The van der Waals surface area contributed by atoms with Gasteiger partial charge in [0.25, 0.3) is 0 Å². The first-order valence-electron chi connectivity index (χ1n) is 9.05. The molecule has 3 aromatic carbocycles. The first-order valence-corrected chi connectivity index (χ1v) is 9.42. The highest BCUT2D eigenvalue weighted by atomic mass is 35.5. The summed E-state index contributed by atoms with van der Waals surface area (Å²) in [5.41, 5.74) is 3.58. The van der Waals surface area contributed by atoms with Gasteiger partial charge in [-0.25, -0.2) is 0 Å². The van der Waals surface area contributed by atoms with Crippen LogP contribution >= 0.6 is 11.6 Å². The summed E-state index contributed by atoms with van der Waals surface area (Å²) in [6, 6.07) is 20.4. The lowest BCUT2D eigenvalue weighted by Gasteiger charge is -2.10. The third-order valence-corrected chi connectivity index (χ3v) is 5.02. The molecule has 0 spiro atoms. The molecule has 0 fully saturated rings. The van der Waals surface area contributed by atoms with E-state index in [1.807, 2.05) is 36.4 Å². The third kappa shape index (κ3) is 4.33. The topological polar surface area (TPSA) is 42.1 Å². The number of halogens is 4. The molecule has 0 aliphatic rings. The van der Waals surface area contributed by atoms with Crippen LogP contribution in [0.5, 0.6) is 5.75 Å². The van der Waals surface area contributed by atoms with Crippen molar-refractivity contribution < 1.29 is 17.9 Å². The number of ether oxygens (including phenoxy) is 1. The summed E-state index contributed by atoms with van der Waals surface area (Å²) in [6.45, 7) is 0. The Balaban J connectivity index is 1.56. The molecule has 0 saturated carbocycles. The summed E-state index contributed by atoms with van der Waals surface area (Å²) in [5, 5.41) is 0.655. The molecule has 0 aliphatic heterocycles. The predicted octanol–water partition coefficient (Wildman–Crippen LogP) is 6.34. The highest BCUT2D eigenvalue weighted by molar-refractivity contribution is 6.33. The quantitative estimate of drug-likeness (QED) is 0.411. The van der Waals surface area contributed by atoms with Crippen LogP contribution in [0.1, 0.15) is 11.1 Å². The third-order valence-electron chi connectivity index (χ3n) is 4.66. The minimum absolute atomic E-state index is 0.127. The normalized spacial score (nSPS) is 11.6. The van der Waals surface area contributed by atoms with Gasteiger partial charge in [-0.1, -0.05) is 60.1 Å². The maximum absolute atomic E-state index is 12.5. The summed E-state index contributed by atoms with van der Waals surface area (Å²) in [4.78, 5) is 15.7. The standard InChI is InChI=1S/C23H15ClF3NO2/c24-20-21(28-19-4-2-1-3-18(19)22(20)29)16-9-5-14(6-10-16)13-15-7-11-17(12-8-15)30-23(25,26)27/h1-12H,13H2,(H,28,29). The molecule has 0 saturated heterocycles. The number of aromatic nitrogens is 1. The zero-order valence-electron chi connectivity index (χ0n) is 15.5. The highest BCUT2D eigenvalue weighted by Gasteiger charge is 2.30. The molecule has 0 atom stereocenters. The minimum atomic E-state index is -4.71. The second-order valence-corrected chi connectivity index (χ2v) is 7.13. The van der Waals surface area contributed by atoms with Crippen molar-refractivity contribution in [2.24, 2.45) is 0 Å². The van der Waals surface area contributed by atoms with Crippen molar-refractivity contribution in [3.05, 3.63) is 99.2 Å². The second kappa shape index (κ2) is 7.88. The van der Waals surface area contributed by atoms with Crippen molar-refractivity contribution in [3.8, 4) is 17.0 Å². The van der Waals surface area contributed by atoms with Gasteiger partial charge >= 0.3 is 6.36 Å². The van der Waals surface area contributed by atoms with Gasteiger partial charge in [0.2, 0.25) is 5.43 Å². The summed E-state index contributed by atoms with van der Waals surface area (Å²) in [5.74, 6) is -0.253. The summed E-state index contributed by atoms with van der Waals surface area (Å²) in [7, 11) is 0. The van der Waals surface area contributed by atoms with Gasteiger partial charge in [0, 0.05) is 10.9 Å². The zero-order valence-corrected chi connectivity index (χ0v) is 16.2.